The number of H-pyrrole nitrogens is 2. The molecule has 0 bridgehead atoms. The van der Waals surface area contributed by atoms with E-state index in [-0.39, 0.29) is 11.8 Å². The highest BCUT2D eigenvalue weighted by molar-refractivity contribution is 5.64. The van der Waals surface area contributed by atoms with Crippen molar-refractivity contribution in [2.75, 3.05) is 0 Å². The minimum Gasteiger partial charge on any atom is -0.492 e. The third kappa shape index (κ3) is 0.815. The van der Waals surface area contributed by atoms with Gasteiger partial charge in [-0.2, -0.15) is 0 Å². The Kier molecular flexibility index (Phi) is 1.26. The van der Waals surface area contributed by atoms with Crippen molar-refractivity contribution in [1.82, 2.24) is 19.9 Å². The van der Waals surface area contributed by atoms with E-state index in [1.807, 2.05) is 0 Å². The molecule has 0 fully saturated rings. The molecule has 4 N–H and O–H groups in total. The fourth-order valence-corrected chi connectivity index (χ4v) is 0.942. The number of aromatic hydroxyl groups is 2. The fraction of sp³-hybridized carbons (Fsp3) is 0. The Morgan fingerprint density at radius 2 is 1.33 bits per heavy atom. The summed E-state index contributed by atoms with van der Waals surface area (Å²) in [4.78, 5) is 12.4. The summed E-state index contributed by atoms with van der Waals surface area (Å²) in [5, 5.41) is 18.3. The van der Waals surface area contributed by atoms with Crippen LogP contribution in [0, 0.1) is 0 Å². The van der Waals surface area contributed by atoms with Gasteiger partial charge in [-0.05, 0) is 0 Å². The predicted molar refractivity (Wildman–Crippen MR) is 39.5 cm³/mol. The topological polar surface area (TPSA) is 97.8 Å². The second-order valence-corrected chi connectivity index (χ2v) is 2.20. The van der Waals surface area contributed by atoms with Crippen LogP contribution in [-0.2, 0) is 0 Å². The van der Waals surface area contributed by atoms with E-state index in [2.05, 4.69) is 19.9 Å². The van der Waals surface area contributed by atoms with Crippen molar-refractivity contribution < 1.29 is 10.2 Å². The normalized spacial score (nSPS) is 10.3. The van der Waals surface area contributed by atoms with Crippen LogP contribution in [0.1, 0.15) is 0 Å². The molecule has 2 aromatic rings. The van der Waals surface area contributed by atoms with Crippen LogP contribution >= 0.6 is 0 Å². The largest absolute Gasteiger partial charge is 0.492 e. The van der Waals surface area contributed by atoms with Gasteiger partial charge in [0.25, 0.3) is 0 Å². The van der Waals surface area contributed by atoms with Gasteiger partial charge in [0.2, 0.25) is 11.8 Å². The van der Waals surface area contributed by atoms with E-state index >= 15 is 0 Å². The number of imidazole rings is 2. The lowest BCUT2D eigenvalue weighted by Crippen LogP contribution is -1.77. The molecule has 2 heterocycles. The molecule has 2 aromatic heterocycles. The Hall–Kier alpha value is -1.98. The van der Waals surface area contributed by atoms with Crippen molar-refractivity contribution in [1.29, 1.82) is 0 Å². The molecule has 12 heavy (non-hydrogen) atoms. The maximum Gasteiger partial charge on any atom is 0.239 e. The highest BCUT2D eigenvalue weighted by Crippen LogP contribution is 2.28. The first kappa shape index (κ1) is 6.71. The maximum atomic E-state index is 9.15. The second kappa shape index (κ2) is 2.26. The molecular formula is C6H6N4O2. The summed E-state index contributed by atoms with van der Waals surface area (Å²) in [6, 6.07) is 0. The lowest BCUT2D eigenvalue weighted by molar-refractivity contribution is 0.450. The lowest BCUT2D eigenvalue weighted by Gasteiger charge is -1.92. The quantitative estimate of drug-likeness (QED) is 0.486. The van der Waals surface area contributed by atoms with Crippen molar-refractivity contribution in [3.05, 3.63) is 12.7 Å². The molecular weight excluding hydrogens is 160 g/mol. The molecule has 0 atom stereocenters. The van der Waals surface area contributed by atoms with Crippen molar-refractivity contribution >= 4 is 0 Å². The monoisotopic (exact) mass is 166 g/mol. The Labute approximate surface area is 66.9 Å². The lowest BCUT2D eigenvalue weighted by atomic mass is 10.3. The van der Waals surface area contributed by atoms with E-state index in [0.717, 1.165) is 0 Å². The number of nitrogens with zero attached hydrogens (tertiary/aromatic N) is 2. The van der Waals surface area contributed by atoms with E-state index in [4.69, 9.17) is 10.2 Å². The number of aromatic amines is 2. The molecule has 0 saturated heterocycles. The molecule has 0 aliphatic heterocycles. The molecule has 0 aliphatic carbocycles. The standard InChI is InChI=1S/C6H6N4O2/c11-5-3(7-1-9-5)4-6(12)10-2-8-4/h1-2,11-12H,(H,7,9)(H,8,10). The summed E-state index contributed by atoms with van der Waals surface area (Å²) >= 11 is 0. The Morgan fingerprint density at radius 3 is 1.58 bits per heavy atom. The van der Waals surface area contributed by atoms with Gasteiger partial charge in [0, 0.05) is 0 Å². The van der Waals surface area contributed by atoms with Gasteiger partial charge in [-0.3, -0.25) is 0 Å². The van der Waals surface area contributed by atoms with E-state index in [1.54, 1.807) is 0 Å². The highest BCUT2D eigenvalue weighted by atomic mass is 16.3. The van der Waals surface area contributed by atoms with Crippen LogP contribution in [0.5, 0.6) is 11.8 Å². The molecule has 6 nitrogen and oxygen atoms in total. The van der Waals surface area contributed by atoms with Crippen LogP contribution < -0.4 is 0 Å². The highest BCUT2D eigenvalue weighted by Gasteiger charge is 2.12. The van der Waals surface area contributed by atoms with Crippen molar-refractivity contribution in [3.8, 4) is 23.1 Å². The van der Waals surface area contributed by atoms with Crippen molar-refractivity contribution in [3.63, 3.8) is 0 Å². The van der Waals surface area contributed by atoms with Crippen molar-refractivity contribution in [2.24, 2.45) is 0 Å². The van der Waals surface area contributed by atoms with Gasteiger partial charge in [0.15, 0.2) is 0 Å². The Bertz CT molecular complexity index is 353. The summed E-state index contributed by atoms with van der Waals surface area (Å²) < 4.78 is 0. The molecule has 0 spiro atoms. The summed E-state index contributed by atoms with van der Waals surface area (Å²) in [6.07, 6.45) is 2.65. The molecule has 2 rings (SSSR count). The minimum absolute atomic E-state index is 0.172. The zero-order chi connectivity index (χ0) is 8.55. The first-order chi connectivity index (χ1) is 5.79. The smallest absolute Gasteiger partial charge is 0.239 e. The SMILES string of the molecule is Oc1nc[nH]c1-c1[nH]cnc1O. The van der Waals surface area contributed by atoms with Crippen LogP contribution in [-0.4, -0.2) is 30.1 Å². The molecule has 62 valence electrons. The Morgan fingerprint density at radius 1 is 0.917 bits per heavy atom. The van der Waals surface area contributed by atoms with Crippen molar-refractivity contribution in [2.45, 2.75) is 0 Å². The number of nitrogens with one attached hydrogen (secondary N) is 2. The zero-order valence-corrected chi connectivity index (χ0v) is 5.94. The first-order valence-corrected chi connectivity index (χ1v) is 3.24. The first-order valence-electron chi connectivity index (χ1n) is 3.24. The number of aromatic nitrogens is 4. The average molecular weight is 166 g/mol. The van der Waals surface area contributed by atoms with Crippen LogP contribution in [0.3, 0.4) is 0 Å². The van der Waals surface area contributed by atoms with Crippen LogP contribution in [0.4, 0.5) is 0 Å². The van der Waals surface area contributed by atoms with Gasteiger partial charge in [0.05, 0.1) is 12.7 Å². The predicted octanol–water partition coefficient (Wildman–Crippen LogP) is 0.211. The van der Waals surface area contributed by atoms with Crippen LogP contribution in [0.15, 0.2) is 12.7 Å². The van der Waals surface area contributed by atoms with Gasteiger partial charge < -0.3 is 20.2 Å². The van der Waals surface area contributed by atoms with Gasteiger partial charge in [-0.1, -0.05) is 0 Å². The number of hydrogen-bond acceptors (Lipinski definition) is 4. The summed E-state index contributed by atoms with van der Waals surface area (Å²) in [7, 11) is 0. The number of hydrogen-bond donors (Lipinski definition) is 4. The minimum atomic E-state index is -0.172. The molecule has 0 amide bonds. The van der Waals surface area contributed by atoms with E-state index in [1.165, 1.54) is 12.7 Å². The van der Waals surface area contributed by atoms with Gasteiger partial charge in [0.1, 0.15) is 11.4 Å². The number of rotatable bonds is 1. The van der Waals surface area contributed by atoms with E-state index in [9.17, 15) is 0 Å². The van der Waals surface area contributed by atoms with Crippen LogP contribution in [0.25, 0.3) is 11.4 Å². The summed E-state index contributed by atoms with van der Waals surface area (Å²) in [5.41, 5.74) is 0.648. The Balaban J connectivity index is 2.57. The van der Waals surface area contributed by atoms with Gasteiger partial charge in [-0.25, -0.2) is 9.97 Å². The maximum absolute atomic E-state index is 9.15. The molecule has 6 heteroatoms. The van der Waals surface area contributed by atoms with E-state index < -0.39 is 0 Å². The molecule has 0 saturated carbocycles. The van der Waals surface area contributed by atoms with Crippen LogP contribution in [0.2, 0.25) is 0 Å². The van der Waals surface area contributed by atoms with E-state index in [0.29, 0.717) is 11.4 Å². The average Bonchev–Trinajstić information content (AvgIpc) is 2.59. The zero-order valence-electron chi connectivity index (χ0n) is 5.94. The summed E-state index contributed by atoms with van der Waals surface area (Å²) in [5.74, 6) is -0.343. The molecule has 0 radical (unpaired) electrons. The summed E-state index contributed by atoms with van der Waals surface area (Å²) in [6.45, 7) is 0. The second-order valence-electron chi connectivity index (χ2n) is 2.20. The molecule has 0 aliphatic rings. The molecule has 0 aromatic carbocycles. The third-order valence-corrected chi connectivity index (χ3v) is 1.49. The fourth-order valence-electron chi connectivity index (χ4n) is 0.942. The van der Waals surface area contributed by atoms with Gasteiger partial charge >= 0.3 is 0 Å². The van der Waals surface area contributed by atoms with Gasteiger partial charge in [-0.15, -0.1) is 0 Å². The third-order valence-electron chi connectivity index (χ3n) is 1.49. The molecule has 0 unspecified atom stereocenters.